The van der Waals surface area contributed by atoms with E-state index in [9.17, 15) is 4.79 Å². The van der Waals surface area contributed by atoms with Crippen LogP contribution in [-0.4, -0.2) is 34.6 Å². The summed E-state index contributed by atoms with van der Waals surface area (Å²) in [6, 6.07) is 8.06. The third kappa shape index (κ3) is 3.17. The lowest BCUT2D eigenvalue weighted by molar-refractivity contribution is -0.126. The number of nitrogens with zero attached hydrogens (tertiary/aromatic N) is 2. The molecule has 2 N–H and O–H groups in total. The fourth-order valence-electron chi connectivity index (χ4n) is 1.97. The maximum absolute atomic E-state index is 11.9. The fraction of sp³-hybridized carbons (Fsp3) is 0.467. The van der Waals surface area contributed by atoms with Gasteiger partial charge in [-0.3, -0.25) is 4.79 Å². The van der Waals surface area contributed by atoms with Gasteiger partial charge in [-0.15, -0.1) is 0 Å². The van der Waals surface area contributed by atoms with E-state index in [0.29, 0.717) is 6.54 Å². The molecule has 1 aromatic heterocycles. The number of carbonyl (C=O) groups is 1. The summed E-state index contributed by atoms with van der Waals surface area (Å²) in [6.07, 6.45) is 2.73. The normalized spacial score (nSPS) is 11.8. The number of aryl methyl sites for hydroxylation is 1. The summed E-state index contributed by atoms with van der Waals surface area (Å²) in [5.74, 6) is 0.0236. The zero-order valence-corrected chi connectivity index (χ0v) is 12.3. The molecule has 0 fully saturated rings. The number of likely N-dealkylation sites (N-methyl/N-ethyl adjacent to an activating group) is 1. The van der Waals surface area contributed by atoms with Crippen LogP contribution in [0.2, 0.25) is 0 Å². The molecule has 5 nitrogen and oxygen atoms in total. The molecule has 1 amide bonds. The van der Waals surface area contributed by atoms with Crippen molar-refractivity contribution in [1.82, 2.24) is 20.2 Å². The molecule has 2 rings (SSSR count). The average Bonchev–Trinajstić information content (AvgIpc) is 2.86. The first-order valence-electron chi connectivity index (χ1n) is 6.91. The molecule has 0 aliphatic heterocycles. The van der Waals surface area contributed by atoms with Gasteiger partial charge in [-0.05, 0) is 39.4 Å². The number of aromatic nitrogens is 2. The molecular formula is C15H22N4O. The van der Waals surface area contributed by atoms with Crippen molar-refractivity contribution in [2.75, 3.05) is 13.6 Å². The van der Waals surface area contributed by atoms with Crippen LogP contribution >= 0.6 is 0 Å². The second-order valence-electron chi connectivity index (χ2n) is 5.41. The Labute approximate surface area is 119 Å². The highest BCUT2D eigenvalue weighted by Gasteiger charge is 2.24. The molecule has 0 atom stereocenters. The van der Waals surface area contributed by atoms with Gasteiger partial charge in [-0.1, -0.05) is 12.1 Å². The van der Waals surface area contributed by atoms with Crippen LogP contribution in [0.15, 0.2) is 30.6 Å². The summed E-state index contributed by atoms with van der Waals surface area (Å²) in [5, 5.41) is 5.94. The number of hydrogen-bond donors (Lipinski definition) is 2. The van der Waals surface area contributed by atoms with Crippen LogP contribution in [0, 0.1) is 0 Å². The summed E-state index contributed by atoms with van der Waals surface area (Å²) in [6.45, 7) is 5.24. The second kappa shape index (κ2) is 6.05. The van der Waals surface area contributed by atoms with Gasteiger partial charge < -0.3 is 15.2 Å². The monoisotopic (exact) mass is 274 g/mol. The second-order valence-corrected chi connectivity index (χ2v) is 5.41. The van der Waals surface area contributed by atoms with E-state index >= 15 is 0 Å². The minimum absolute atomic E-state index is 0.0236. The molecule has 108 valence electrons. The van der Waals surface area contributed by atoms with Crippen LogP contribution in [0.3, 0.4) is 0 Å². The van der Waals surface area contributed by atoms with E-state index in [0.717, 1.165) is 24.0 Å². The van der Waals surface area contributed by atoms with Crippen molar-refractivity contribution >= 4 is 16.9 Å². The highest BCUT2D eigenvalue weighted by Crippen LogP contribution is 2.11. The summed E-state index contributed by atoms with van der Waals surface area (Å²) in [5.41, 5.74) is 1.61. The predicted octanol–water partition coefficient (Wildman–Crippen LogP) is 1.54. The Morgan fingerprint density at radius 1 is 1.35 bits per heavy atom. The van der Waals surface area contributed by atoms with E-state index in [2.05, 4.69) is 26.3 Å². The molecule has 0 radical (unpaired) electrons. The fourth-order valence-corrected chi connectivity index (χ4v) is 1.97. The zero-order valence-electron chi connectivity index (χ0n) is 12.3. The standard InChI is InChI=1S/C15H22N4O/c1-15(2,16-3)14(20)17-9-6-10-19-11-18-12-7-4-5-8-13(12)19/h4-5,7-8,11,16H,6,9-10H2,1-3H3,(H,17,20). The number of imidazole rings is 1. The predicted molar refractivity (Wildman–Crippen MR) is 80.5 cm³/mol. The molecule has 0 saturated carbocycles. The first-order chi connectivity index (χ1) is 9.54. The molecule has 20 heavy (non-hydrogen) atoms. The number of amides is 1. The molecule has 5 heteroatoms. The maximum Gasteiger partial charge on any atom is 0.239 e. The zero-order chi connectivity index (χ0) is 14.6. The number of benzene rings is 1. The highest BCUT2D eigenvalue weighted by molar-refractivity contribution is 5.85. The van der Waals surface area contributed by atoms with Crippen molar-refractivity contribution in [3.63, 3.8) is 0 Å². The minimum Gasteiger partial charge on any atom is -0.354 e. The quantitative estimate of drug-likeness (QED) is 0.786. The smallest absolute Gasteiger partial charge is 0.239 e. The summed E-state index contributed by atoms with van der Waals surface area (Å²) in [7, 11) is 1.79. The molecule has 1 heterocycles. The molecule has 0 aliphatic rings. The van der Waals surface area contributed by atoms with E-state index in [1.165, 1.54) is 0 Å². The SMILES string of the molecule is CNC(C)(C)C(=O)NCCCn1cnc2ccccc21. The van der Waals surface area contributed by atoms with Gasteiger partial charge in [0, 0.05) is 13.1 Å². The minimum atomic E-state index is -0.526. The van der Waals surface area contributed by atoms with Gasteiger partial charge >= 0.3 is 0 Å². The van der Waals surface area contributed by atoms with Crippen LogP contribution in [-0.2, 0) is 11.3 Å². The van der Waals surface area contributed by atoms with E-state index in [4.69, 9.17) is 0 Å². The Hall–Kier alpha value is -1.88. The first-order valence-corrected chi connectivity index (χ1v) is 6.91. The maximum atomic E-state index is 11.9. The van der Waals surface area contributed by atoms with Gasteiger partial charge in [-0.25, -0.2) is 4.98 Å². The third-order valence-electron chi connectivity index (χ3n) is 3.58. The van der Waals surface area contributed by atoms with Crippen molar-refractivity contribution in [2.24, 2.45) is 0 Å². The van der Waals surface area contributed by atoms with Crippen molar-refractivity contribution in [2.45, 2.75) is 32.4 Å². The van der Waals surface area contributed by atoms with E-state index in [-0.39, 0.29) is 5.91 Å². The Morgan fingerprint density at radius 3 is 2.85 bits per heavy atom. The molecule has 0 bridgehead atoms. The van der Waals surface area contributed by atoms with Crippen molar-refractivity contribution in [1.29, 1.82) is 0 Å². The van der Waals surface area contributed by atoms with E-state index in [1.54, 1.807) is 7.05 Å². The molecule has 0 saturated heterocycles. The van der Waals surface area contributed by atoms with Crippen LogP contribution in [0.5, 0.6) is 0 Å². The van der Waals surface area contributed by atoms with Crippen LogP contribution in [0.4, 0.5) is 0 Å². The van der Waals surface area contributed by atoms with E-state index < -0.39 is 5.54 Å². The van der Waals surface area contributed by atoms with E-state index in [1.807, 2.05) is 38.4 Å². The van der Waals surface area contributed by atoms with Gasteiger partial charge in [0.2, 0.25) is 5.91 Å². The lowest BCUT2D eigenvalue weighted by atomic mass is 10.1. The molecule has 0 unspecified atom stereocenters. The van der Waals surface area contributed by atoms with Crippen LogP contribution < -0.4 is 10.6 Å². The summed E-state index contributed by atoms with van der Waals surface area (Å²) < 4.78 is 2.12. The lowest BCUT2D eigenvalue weighted by Crippen LogP contribution is -2.51. The van der Waals surface area contributed by atoms with Crippen molar-refractivity contribution in [3.05, 3.63) is 30.6 Å². The van der Waals surface area contributed by atoms with Crippen molar-refractivity contribution < 1.29 is 4.79 Å². The van der Waals surface area contributed by atoms with Crippen molar-refractivity contribution in [3.8, 4) is 0 Å². The Morgan fingerprint density at radius 2 is 2.10 bits per heavy atom. The van der Waals surface area contributed by atoms with Gasteiger partial charge in [-0.2, -0.15) is 0 Å². The number of nitrogens with one attached hydrogen (secondary N) is 2. The molecular weight excluding hydrogens is 252 g/mol. The number of rotatable bonds is 6. The highest BCUT2D eigenvalue weighted by atomic mass is 16.2. The third-order valence-corrected chi connectivity index (χ3v) is 3.58. The Balaban J connectivity index is 1.83. The van der Waals surface area contributed by atoms with Crippen LogP contribution in [0.1, 0.15) is 20.3 Å². The lowest BCUT2D eigenvalue weighted by Gasteiger charge is -2.22. The topological polar surface area (TPSA) is 59.0 Å². The van der Waals surface area contributed by atoms with Crippen LogP contribution in [0.25, 0.3) is 11.0 Å². The average molecular weight is 274 g/mol. The Bertz CT molecular complexity index is 588. The Kier molecular flexibility index (Phi) is 4.39. The summed E-state index contributed by atoms with van der Waals surface area (Å²) >= 11 is 0. The number of hydrogen-bond acceptors (Lipinski definition) is 3. The first kappa shape index (κ1) is 14.5. The number of para-hydroxylation sites is 2. The molecule has 0 aliphatic carbocycles. The summed E-state index contributed by atoms with van der Waals surface area (Å²) in [4.78, 5) is 16.2. The van der Waals surface area contributed by atoms with Gasteiger partial charge in [0.05, 0.1) is 22.9 Å². The van der Waals surface area contributed by atoms with Gasteiger partial charge in [0.15, 0.2) is 0 Å². The van der Waals surface area contributed by atoms with Gasteiger partial charge in [0.25, 0.3) is 0 Å². The molecule has 2 aromatic rings. The molecule has 0 spiro atoms. The molecule has 1 aromatic carbocycles. The number of carbonyl (C=O) groups excluding carboxylic acids is 1. The largest absolute Gasteiger partial charge is 0.354 e. The van der Waals surface area contributed by atoms with Gasteiger partial charge in [0.1, 0.15) is 0 Å². The number of fused-ring (bicyclic) bond motifs is 1.